The van der Waals surface area contributed by atoms with Crippen LogP contribution in [-0.4, -0.2) is 19.5 Å². The second-order valence-electron chi connectivity index (χ2n) is 4.63. The zero-order chi connectivity index (χ0) is 11.6. The quantitative estimate of drug-likeness (QED) is 0.810. The van der Waals surface area contributed by atoms with Crippen molar-refractivity contribution in [2.24, 2.45) is 5.41 Å². The van der Waals surface area contributed by atoms with E-state index in [4.69, 9.17) is 0 Å². The number of anilines is 1. The van der Waals surface area contributed by atoms with Crippen molar-refractivity contribution in [2.45, 2.75) is 19.8 Å². The molecule has 3 nitrogen and oxygen atoms in total. The zero-order valence-electron chi connectivity index (χ0n) is 9.84. The third-order valence-electron chi connectivity index (χ3n) is 3.16. The van der Waals surface area contributed by atoms with Crippen molar-refractivity contribution in [1.82, 2.24) is 5.32 Å². The topological polar surface area (TPSA) is 41.1 Å². The largest absolute Gasteiger partial charge is 0.326 e. The van der Waals surface area contributed by atoms with Crippen LogP contribution in [0.15, 0.2) is 24.3 Å². The molecule has 86 valence electrons. The van der Waals surface area contributed by atoms with E-state index in [-0.39, 0.29) is 11.3 Å². The lowest BCUT2D eigenvalue weighted by Crippen LogP contribution is -2.32. The van der Waals surface area contributed by atoms with Crippen molar-refractivity contribution < 1.29 is 4.79 Å². The van der Waals surface area contributed by atoms with Gasteiger partial charge in [0.25, 0.3) is 0 Å². The Morgan fingerprint density at radius 1 is 1.31 bits per heavy atom. The van der Waals surface area contributed by atoms with E-state index in [2.05, 4.69) is 10.6 Å². The smallest absolute Gasteiger partial charge is 0.231 e. The van der Waals surface area contributed by atoms with Crippen LogP contribution in [-0.2, 0) is 4.79 Å². The zero-order valence-corrected chi connectivity index (χ0v) is 9.84. The number of hydrogen-bond acceptors (Lipinski definition) is 2. The lowest BCUT2D eigenvalue weighted by molar-refractivity contribution is -0.120. The molecule has 1 aliphatic carbocycles. The van der Waals surface area contributed by atoms with E-state index >= 15 is 0 Å². The third-order valence-corrected chi connectivity index (χ3v) is 3.16. The lowest BCUT2D eigenvalue weighted by atomic mass is 10.1. The molecule has 0 atom stereocenters. The number of benzene rings is 1. The Kier molecular flexibility index (Phi) is 2.97. The SMILES string of the molecule is CNCC1(C(=O)Nc2ccc(C)cc2)CC1. The summed E-state index contributed by atoms with van der Waals surface area (Å²) in [5.74, 6) is 0.144. The molecule has 0 bridgehead atoms. The molecule has 0 aliphatic heterocycles. The van der Waals surface area contributed by atoms with E-state index in [9.17, 15) is 4.79 Å². The minimum Gasteiger partial charge on any atom is -0.326 e. The molecule has 0 heterocycles. The van der Waals surface area contributed by atoms with Gasteiger partial charge in [0.15, 0.2) is 0 Å². The van der Waals surface area contributed by atoms with E-state index in [1.54, 1.807) is 0 Å². The van der Waals surface area contributed by atoms with Crippen LogP contribution in [0.3, 0.4) is 0 Å². The minimum absolute atomic E-state index is 0.144. The standard InChI is InChI=1S/C13H18N2O/c1-10-3-5-11(6-4-10)15-12(16)13(7-8-13)9-14-2/h3-6,14H,7-9H2,1-2H3,(H,15,16). The summed E-state index contributed by atoms with van der Waals surface area (Å²) in [4.78, 5) is 12.0. The maximum Gasteiger partial charge on any atom is 0.231 e. The van der Waals surface area contributed by atoms with E-state index in [1.807, 2.05) is 38.2 Å². The molecule has 3 heteroatoms. The number of rotatable bonds is 4. The van der Waals surface area contributed by atoms with Crippen LogP contribution in [0.4, 0.5) is 5.69 Å². The fourth-order valence-electron chi connectivity index (χ4n) is 1.87. The number of amides is 1. The van der Waals surface area contributed by atoms with Crippen LogP contribution in [0.25, 0.3) is 0 Å². The predicted molar refractivity (Wildman–Crippen MR) is 65.4 cm³/mol. The molecule has 0 unspecified atom stereocenters. The van der Waals surface area contributed by atoms with Crippen LogP contribution in [0, 0.1) is 12.3 Å². The molecule has 2 rings (SSSR count). The Morgan fingerprint density at radius 2 is 1.94 bits per heavy atom. The molecule has 1 aromatic carbocycles. The Bertz CT molecular complexity index is 379. The Balaban J connectivity index is 2.00. The number of aryl methyl sites for hydroxylation is 1. The summed E-state index contributed by atoms with van der Waals surface area (Å²) in [6, 6.07) is 7.91. The summed E-state index contributed by atoms with van der Waals surface area (Å²) in [6.45, 7) is 2.81. The number of carbonyl (C=O) groups is 1. The summed E-state index contributed by atoms with van der Waals surface area (Å²) in [6.07, 6.45) is 1.98. The molecule has 1 aliphatic rings. The molecule has 1 aromatic rings. The summed E-state index contributed by atoms with van der Waals surface area (Å²) in [7, 11) is 1.89. The van der Waals surface area contributed by atoms with E-state index in [1.165, 1.54) is 5.56 Å². The number of hydrogen-bond donors (Lipinski definition) is 2. The maximum absolute atomic E-state index is 12.0. The van der Waals surface area contributed by atoms with Crippen LogP contribution >= 0.6 is 0 Å². The Labute approximate surface area is 96.2 Å². The molecule has 1 saturated carbocycles. The summed E-state index contributed by atoms with van der Waals surface area (Å²) >= 11 is 0. The number of carbonyl (C=O) groups excluding carboxylic acids is 1. The first-order chi connectivity index (χ1) is 7.66. The van der Waals surface area contributed by atoms with Crippen LogP contribution in [0.1, 0.15) is 18.4 Å². The van der Waals surface area contributed by atoms with Crippen LogP contribution in [0.5, 0.6) is 0 Å². The van der Waals surface area contributed by atoms with Gasteiger partial charge in [-0.25, -0.2) is 0 Å². The van der Waals surface area contributed by atoms with Gasteiger partial charge < -0.3 is 10.6 Å². The highest BCUT2D eigenvalue weighted by molar-refractivity contribution is 5.97. The van der Waals surface area contributed by atoms with Crippen molar-refractivity contribution >= 4 is 11.6 Å². The van der Waals surface area contributed by atoms with Crippen LogP contribution in [0.2, 0.25) is 0 Å². The molecule has 0 saturated heterocycles. The van der Waals surface area contributed by atoms with Gasteiger partial charge in [-0.3, -0.25) is 4.79 Å². The molecular formula is C13H18N2O. The van der Waals surface area contributed by atoms with Crippen molar-refractivity contribution in [1.29, 1.82) is 0 Å². The Morgan fingerprint density at radius 3 is 2.44 bits per heavy atom. The summed E-state index contributed by atoms with van der Waals surface area (Å²) in [5.41, 5.74) is 1.94. The third kappa shape index (κ3) is 2.25. The molecule has 1 amide bonds. The Hall–Kier alpha value is -1.35. The van der Waals surface area contributed by atoms with Crippen molar-refractivity contribution in [3.63, 3.8) is 0 Å². The van der Waals surface area contributed by atoms with E-state index in [0.717, 1.165) is 25.1 Å². The summed E-state index contributed by atoms with van der Waals surface area (Å²) in [5, 5.41) is 6.06. The summed E-state index contributed by atoms with van der Waals surface area (Å²) < 4.78 is 0. The van der Waals surface area contributed by atoms with Crippen molar-refractivity contribution in [2.75, 3.05) is 18.9 Å². The van der Waals surface area contributed by atoms with Gasteiger partial charge in [-0.15, -0.1) is 0 Å². The highest BCUT2D eigenvalue weighted by atomic mass is 16.2. The van der Waals surface area contributed by atoms with Gasteiger partial charge >= 0.3 is 0 Å². The highest BCUT2D eigenvalue weighted by Gasteiger charge is 2.49. The molecular weight excluding hydrogens is 200 g/mol. The van der Waals surface area contributed by atoms with Crippen molar-refractivity contribution in [3.05, 3.63) is 29.8 Å². The van der Waals surface area contributed by atoms with Gasteiger partial charge in [-0.05, 0) is 38.9 Å². The van der Waals surface area contributed by atoms with Gasteiger partial charge in [-0.2, -0.15) is 0 Å². The van der Waals surface area contributed by atoms with Crippen LogP contribution < -0.4 is 10.6 Å². The maximum atomic E-state index is 12.0. The minimum atomic E-state index is -0.153. The second kappa shape index (κ2) is 4.26. The fourth-order valence-corrected chi connectivity index (χ4v) is 1.87. The highest BCUT2D eigenvalue weighted by Crippen LogP contribution is 2.45. The average Bonchev–Trinajstić information content (AvgIpc) is 3.03. The fraction of sp³-hybridized carbons (Fsp3) is 0.462. The van der Waals surface area contributed by atoms with Gasteiger partial charge in [0.2, 0.25) is 5.91 Å². The first kappa shape index (κ1) is 11.1. The molecule has 1 fully saturated rings. The first-order valence-electron chi connectivity index (χ1n) is 5.69. The van der Waals surface area contributed by atoms with Crippen molar-refractivity contribution in [3.8, 4) is 0 Å². The van der Waals surface area contributed by atoms with Gasteiger partial charge in [0.05, 0.1) is 5.41 Å². The predicted octanol–water partition coefficient (Wildman–Crippen LogP) is 1.93. The lowest BCUT2D eigenvalue weighted by Gasteiger charge is -2.14. The molecule has 2 N–H and O–H groups in total. The average molecular weight is 218 g/mol. The molecule has 0 aromatic heterocycles. The molecule has 0 spiro atoms. The second-order valence-corrected chi connectivity index (χ2v) is 4.63. The van der Waals surface area contributed by atoms with Gasteiger partial charge in [0.1, 0.15) is 0 Å². The van der Waals surface area contributed by atoms with E-state index in [0.29, 0.717) is 0 Å². The van der Waals surface area contributed by atoms with E-state index < -0.39 is 0 Å². The first-order valence-corrected chi connectivity index (χ1v) is 5.69. The van der Waals surface area contributed by atoms with Gasteiger partial charge in [-0.1, -0.05) is 17.7 Å². The molecule has 16 heavy (non-hydrogen) atoms. The van der Waals surface area contributed by atoms with Gasteiger partial charge in [0, 0.05) is 12.2 Å². The normalized spacial score (nSPS) is 16.9. The number of nitrogens with one attached hydrogen (secondary N) is 2. The monoisotopic (exact) mass is 218 g/mol. The molecule has 0 radical (unpaired) electrons.